The number of ether oxygens (including phenoxy) is 1. The van der Waals surface area contributed by atoms with Crippen molar-refractivity contribution < 1.29 is 4.74 Å². The van der Waals surface area contributed by atoms with Crippen LogP contribution in [0, 0.1) is 6.92 Å². The van der Waals surface area contributed by atoms with E-state index < -0.39 is 0 Å². The zero-order valence-corrected chi connectivity index (χ0v) is 11.9. The van der Waals surface area contributed by atoms with Gasteiger partial charge in [-0.25, -0.2) is 0 Å². The Bertz CT molecular complexity index is 324. The van der Waals surface area contributed by atoms with E-state index in [0.717, 1.165) is 36.5 Å². The van der Waals surface area contributed by atoms with Crippen LogP contribution in [0.3, 0.4) is 0 Å². The summed E-state index contributed by atoms with van der Waals surface area (Å²) in [6, 6.07) is 6.09. The van der Waals surface area contributed by atoms with Crippen molar-refractivity contribution in [1.29, 1.82) is 0 Å². The maximum absolute atomic E-state index is 5.71. The summed E-state index contributed by atoms with van der Waals surface area (Å²) in [5.41, 5.74) is 1.21. The van der Waals surface area contributed by atoms with Crippen LogP contribution in [0.25, 0.3) is 0 Å². The second-order valence-electron chi connectivity index (χ2n) is 3.79. The average molecular weight is 286 g/mol. The molecule has 90 valence electrons. The van der Waals surface area contributed by atoms with Crippen LogP contribution in [0.15, 0.2) is 22.7 Å². The summed E-state index contributed by atoms with van der Waals surface area (Å²) >= 11 is 3.48. The van der Waals surface area contributed by atoms with E-state index in [9.17, 15) is 0 Å². The molecule has 0 heterocycles. The highest BCUT2D eigenvalue weighted by Gasteiger charge is 2.01. The molecule has 0 aliphatic rings. The van der Waals surface area contributed by atoms with Gasteiger partial charge in [0, 0.05) is 11.0 Å². The largest absolute Gasteiger partial charge is 0.492 e. The Hall–Kier alpha value is -0.540. The molecule has 16 heavy (non-hydrogen) atoms. The smallest absolute Gasteiger partial charge is 0.119 e. The Morgan fingerprint density at radius 1 is 1.25 bits per heavy atom. The number of likely N-dealkylation sites (N-methyl/N-ethyl adjacent to an activating group) is 1. The van der Waals surface area contributed by atoms with Gasteiger partial charge in [0.25, 0.3) is 0 Å². The summed E-state index contributed by atoms with van der Waals surface area (Å²) in [5, 5.41) is 0. The van der Waals surface area contributed by atoms with Crippen molar-refractivity contribution >= 4 is 15.9 Å². The number of benzene rings is 1. The first-order chi connectivity index (χ1) is 7.67. The van der Waals surface area contributed by atoms with Crippen LogP contribution >= 0.6 is 15.9 Å². The standard InChI is InChI=1S/C13H20BrNO/c1-4-15(5-2)8-9-16-12-6-7-13(14)11(3)10-12/h6-7,10H,4-5,8-9H2,1-3H3. The number of halogens is 1. The van der Waals surface area contributed by atoms with E-state index in [2.05, 4.69) is 47.7 Å². The van der Waals surface area contributed by atoms with Crippen molar-refractivity contribution in [1.82, 2.24) is 4.90 Å². The van der Waals surface area contributed by atoms with E-state index in [1.165, 1.54) is 5.56 Å². The highest BCUT2D eigenvalue weighted by molar-refractivity contribution is 9.10. The first-order valence-electron chi connectivity index (χ1n) is 5.78. The molecule has 0 atom stereocenters. The van der Waals surface area contributed by atoms with Crippen LogP contribution in [0.5, 0.6) is 5.75 Å². The molecule has 1 aromatic rings. The topological polar surface area (TPSA) is 12.5 Å². The number of hydrogen-bond donors (Lipinski definition) is 0. The third kappa shape index (κ3) is 4.14. The maximum atomic E-state index is 5.71. The molecule has 0 aliphatic heterocycles. The van der Waals surface area contributed by atoms with Crippen molar-refractivity contribution in [2.24, 2.45) is 0 Å². The Balaban J connectivity index is 2.40. The lowest BCUT2D eigenvalue weighted by molar-refractivity contribution is 0.222. The summed E-state index contributed by atoms with van der Waals surface area (Å²) in [6.45, 7) is 10.3. The van der Waals surface area contributed by atoms with Crippen molar-refractivity contribution in [3.63, 3.8) is 0 Å². The maximum Gasteiger partial charge on any atom is 0.119 e. The molecule has 1 rings (SSSR count). The summed E-state index contributed by atoms with van der Waals surface area (Å²) in [7, 11) is 0. The Kier molecular flexibility index (Phi) is 5.85. The zero-order valence-electron chi connectivity index (χ0n) is 10.3. The van der Waals surface area contributed by atoms with Crippen LogP contribution in [-0.4, -0.2) is 31.1 Å². The highest BCUT2D eigenvalue weighted by Crippen LogP contribution is 2.21. The molecule has 0 aliphatic carbocycles. The molecule has 0 spiro atoms. The highest BCUT2D eigenvalue weighted by atomic mass is 79.9. The van der Waals surface area contributed by atoms with Crippen LogP contribution in [0.2, 0.25) is 0 Å². The Morgan fingerprint density at radius 3 is 2.50 bits per heavy atom. The quantitative estimate of drug-likeness (QED) is 0.794. The summed E-state index contributed by atoms with van der Waals surface area (Å²) in [6.07, 6.45) is 0. The van der Waals surface area contributed by atoms with Gasteiger partial charge in [-0.15, -0.1) is 0 Å². The van der Waals surface area contributed by atoms with Crippen LogP contribution in [-0.2, 0) is 0 Å². The fraction of sp³-hybridized carbons (Fsp3) is 0.538. The first kappa shape index (κ1) is 13.5. The van der Waals surface area contributed by atoms with Crippen molar-refractivity contribution in [3.05, 3.63) is 28.2 Å². The normalized spacial score (nSPS) is 10.8. The Labute approximate surface area is 107 Å². The van der Waals surface area contributed by atoms with Crippen LogP contribution < -0.4 is 4.74 Å². The minimum Gasteiger partial charge on any atom is -0.492 e. The van der Waals surface area contributed by atoms with Gasteiger partial charge in [-0.2, -0.15) is 0 Å². The van der Waals surface area contributed by atoms with E-state index in [0.29, 0.717) is 0 Å². The third-order valence-corrected chi connectivity index (χ3v) is 3.59. The minimum absolute atomic E-state index is 0.753. The molecule has 0 unspecified atom stereocenters. The molecular weight excluding hydrogens is 266 g/mol. The van der Waals surface area contributed by atoms with Gasteiger partial charge in [0.2, 0.25) is 0 Å². The lowest BCUT2D eigenvalue weighted by Crippen LogP contribution is -2.27. The lowest BCUT2D eigenvalue weighted by atomic mass is 10.2. The lowest BCUT2D eigenvalue weighted by Gasteiger charge is -2.18. The molecule has 1 aromatic carbocycles. The molecule has 0 bridgehead atoms. The summed E-state index contributed by atoms with van der Waals surface area (Å²) < 4.78 is 6.84. The molecule has 0 N–H and O–H groups in total. The summed E-state index contributed by atoms with van der Waals surface area (Å²) in [4.78, 5) is 2.35. The van der Waals surface area contributed by atoms with Gasteiger partial charge in [-0.1, -0.05) is 29.8 Å². The van der Waals surface area contributed by atoms with Crippen molar-refractivity contribution in [3.8, 4) is 5.75 Å². The average Bonchev–Trinajstić information content (AvgIpc) is 2.29. The monoisotopic (exact) mass is 285 g/mol. The van der Waals surface area contributed by atoms with E-state index in [1.54, 1.807) is 0 Å². The second-order valence-corrected chi connectivity index (χ2v) is 4.64. The fourth-order valence-electron chi connectivity index (χ4n) is 1.54. The van der Waals surface area contributed by atoms with Gasteiger partial charge in [0.15, 0.2) is 0 Å². The predicted molar refractivity (Wildman–Crippen MR) is 72.2 cm³/mol. The van der Waals surface area contributed by atoms with Gasteiger partial charge in [0.1, 0.15) is 12.4 Å². The van der Waals surface area contributed by atoms with Gasteiger partial charge in [0.05, 0.1) is 0 Å². The van der Waals surface area contributed by atoms with E-state index in [1.807, 2.05) is 12.1 Å². The van der Waals surface area contributed by atoms with Crippen molar-refractivity contribution in [2.45, 2.75) is 20.8 Å². The molecule has 0 fully saturated rings. The molecule has 0 saturated carbocycles. The molecule has 0 aromatic heterocycles. The molecule has 0 radical (unpaired) electrons. The predicted octanol–water partition coefficient (Wildman–Crippen LogP) is 3.48. The molecule has 0 saturated heterocycles. The minimum atomic E-state index is 0.753. The third-order valence-electron chi connectivity index (χ3n) is 2.70. The van der Waals surface area contributed by atoms with E-state index in [-0.39, 0.29) is 0 Å². The number of rotatable bonds is 6. The molecule has 2 nitrogen and oxygen atoms in total. The van der Waals surface area contributed by atoms with Gasteiger partial charge in [-0.05, 0) is 43.8 Å². The number of aryl methyl sites for hydroxylation is 1. The molecular formula is C13H20BrNO. The van der Waals surface area contributed by atoms with Crippen LogP contribution in [0.4, 0.5) is 0 Å². The molecule has 0 amide bonds. The van der Waals surface area contributed by atoms with Crippen LogP contribution in [0.1, 0.15) is 19.4 Å². The number of nitrogens with zero attached hydrogens (tertiary/aromatic N) is 1. The van der Waals surface area contributed by atoms with Crippen molar-refractivity contribution in [2.75, 3.05) is 26.2 Å². The number of hydrogen-bond acceptors (Lipinski definition) is 2. The SMILES string of the molecule is CCN(CC)CCOc1ccc(Br)c(C)c1. The van der Waals surface area contributed by atoms with Gasteiger partial charge in [-0.3, -0.25) is 0 Å². The zero-order chi connectivity index (χ0) is 12.0. The van der Waals surface area contributed by atoms with E-state index >= 15 is 0 Å². The van der Waals surface area contributed by atoms with Gasteiger partial charge >= 0.3 is 0 Å². The fourth-order valence-corrected chi connectivity index (χ4v) is 1.79. The summed E-state index contributed by atoms with van der Waals surface area (Å²) in [5.74, 6) is 0.952. The second kappa shape index (κ2) is 6.92. The van der Waals surface area contributed by atoms with E-state index in [4.69, 9.17) is 4.74 Å². The molecule has 3 heteroatoms. The first-order valence-corrected chi connectivity index (χ1v) is 6.58. The van der Waals surface area contributed by atoms with Gasteiger partial charge < -0.3 is 9.64 Å². The Morgan fingerprint density at radius 2 is 1.94 bits per heavy atom.